The van der Waals surface area contributed by atoms with Gasteiger partial charge in [-0.25, -0.2) is 4.79 Å². The molecule has 0 N–H and O–H groups in total. The van der Waals surface area contributed by atoms with Gasteiger partial charge in [0, 0.05) is 6.07 Å². The lowest BCUT2D eigenvalue weighted by Crippen LogP contribution is -2.10. The average Bonchev–Trinajstić information content (AvgIpc) is 2.76. The van der Waals surface area contributed by atoms with Crippen LogP contribution in [0.15, 0.2) is 75.9 Å². The zero-order valence-electron chi connectivity index (χ0n) is 17.3. The fraction of sp³-hybridized carbons (Fsp3) is 0.120. The molecule has 4 aromatic rings. The number of fused-ring (bicyclic) bond motifs is 1. The van der Waals surface area contributed by atoms with Crippen molar-refractivity contribution >= 4 is 16.9 Å². The van der Waals surface area contributed by atoms with Gasteiger partial charge in [0.25, 0.3) is 0 Å². The van der Waals surface area contributed by atoms with Crippen molar-refractivity contribution in [3.05, 3.63) is 93.8 Å². The highest BCUT2D eigenvalue weighted by Gasteiger charge is 2.17. The molecular weight excluding hydrogens is 396 g/mol. The van der Waals surface area contributed by atoms with Gasteiger partial charge in [-0.05, 0) is 50.2 Å². The van der Waals surface area contributed by atoms with Gasteiger partial charge in [-0.3, -0.25) is 4.79 Å². The topological polar surface area (TPSA) is 75.0 Å². The first-order valence-electron chi connectivity index (χ1n) is 9.63. The molecule has 6 heteroatoms. The molecule has 0 radical (unpaired) electrons. The number of benzene rings is 3. The van der Waals surface area contributed by atoms with Crippen LogP contribution >= 0.6 is 0 Å². The number of methoxy groups -OCH3 is 1. The number of ether oxygens (including phenoxy) is 3. The first-order valence-corrected chi connectivity index (χ1v) is 9.63. The molecule has 0 saturated heterocycles. The minimum atomic E-state index is -0.488. The van der Waals surface area contributed by atoms with Crippen molar-refractivity contribution in [3.63, 3.8) is 0 Å². The average molecular weight is 416 g/mol. The van der Waals surface area contributed by atoms with E-state index in [4.69, 9.17) is 18.6 Å². The molecule has 0 saturated carbocycles. The number of hydrogen-bond donors (Lipinski definition) is 0. The fourth-order valence-corrected chi connectivity index (χ4v) is 3.20. The third-order valence-electron chi connectivity index (χ3n) is 4.73. The van der Waals surface area contributed by atoms with Crippen molar-refractivity contribution in [2.75, 3.05) is 7.11 Å². The molecule has 0 amide bonds. The third-order valence-corrected chi connectivity index (χ3v) is 4.73. The lowest BCUT2D eigenvalue weighted by Gasteiger charge is -2.12. The van der Waals surface area contributed by atoms with E-state index < -0.39 is 5.97 Å². The van der Waals surface area contributed by atoms with E-state index >= 15 is 0 Å². The standard InChI is InChI=1S/C25H20O6/c1-15-7-6-8-17(13-15)25(27)30-18-11-12-19-22(14-18)29-16(2)24(23(19)26)31-21-10-5-4-9-20(21)28-3/h4-14H,1-3H3. The summed E-state index contributed by atoms with van der Waals surface area (Å²) in [6.07, 6.45) is 0. The maximum Gasteiger partial charge on any atom is 0.343 e. The smallest absolute Gasteiger partial charge is 0.343 e. The van der Waals surface area contributed by atoms with Crippen LogP contribution in [0.2, 0.25) is 0 Å². The summed E-state index contributed by atoms with van der Waals surface area (Å²) in [5.74, 6) is 1.06. The Bertz CT molecular complexity index is 1340. The lowest BCUT2D eigenvalue weighted by atomic mass is 10.1. The number of aryl methyl sites for hydroxylation is 2. The van der Waals surface area contributed by atoms with Crippen LogP contribution in [0.4, 0.5) is 0 Å². The number of carbonyl (C=O) groups is 1. The van der Waals surface area contributed by atoms with Crippen molar-refractivity contribution in [2.45, 2.75) is 13.8 Å². The van der Waals surface area contributed by atoms with Crippen molar-refractivity contribution in [1.29, 1.82) is 0 Å². The molecule has 0 aliphatic heterocycles. The van der Waals surface area contributed by atoms with Gasteiger partial charge < -0.3 is 18.6 Å². The van der Waals surface area contributed by atoms with Crippen LogP contribution in [0.1, 0.15) is 21.7 Å². The molecule has 4 rings (SSSR count). The molecular formula is C25H20O6. The molecule has 31 heavy (non-hydrogen) atoms. The van der Waals surface area contributed by atoms with Crippen molar-refractivity contribution < 1.29 is 23.4 Å². The van der Waals surface area contributed by atoms with E-state index in [2.05, 4.69) is 0 Å². The Morgan fingerprint density at radius 3 is 2.42 bits per heavy atom. The predicted molar refractivity (Wildman–Crippen MR) is 116 cm³/mol. The van der Waals surface area contributed by atoms with Crippen LogP contribution in [0, 0.1) is 13.8 Å². The van der Waals surface area contributed by atoms with Gasteiger partial charge in [0.2, 0.25) is 11.2 Å². The van der Waals surface area contributed by atoms with E-state index in [0.717, 1.165) is 5.56 Å². The van der Waals surface area contributed by atoms with Gasteiger partial charge in [0.05, 0.1) is 18.1 Å². The molecule has 3 aromatic carbocycles. The Morgan fingerprint density at radius 1 is 0.903 bits per heavy atom. The second-order valence-corrected chi connectivity index (χ2v) is 6.99. The number of para-hydroxylation sites is 2. The van der Waals surface area contributed by atoms with E-state index in [1.165, 1.54) is 13.2 Å². The number of hydrogen-bond acceptors (Lipinski definition) is 6. The monoisotopic (exact) mass is 416 g/mol. The normalized spacial score (nSPS) is 10.7. The van der Waals surface area contributed by atoms with Gasteiger partial charge in [0.15, 0.2) is 11.5 Å². The maximum atomic E-state index is 13.0. The van der Waals surface area contributed by atoms with E-state index in [0.29, 0.717) is 33.8 Å². The molecule has 6 nitrogen and oxygen atoms in total. The van der Waals surface area contributed by atoms with E-state index in [-0.39, 0.29) is 16.9 Å². The quantitative estimate of drug-likeness (QED) is 0.319. The summed E-state index contributed by atoms with van der Waals surface area (Å²) in [4.78, 5) is 25.4. The molecule has 1 aromatic heterocycles. The van der Waals surface area contributed by atoms with Crippen molar-refractivity contribution in [3.8, 4) is 23.0 Å². The molecule has 156 valence electrons. The van der Waals surface area contributed by atoms with Gasteiger partial charge in [-0.2, -0.15) is 0 Å². The van der Waals surface area contributed by atoms with Gasteiger partial charge in [0.1, 0.15) is 17.1 Å². The van der Waals surface area contributed by atoms with Gasteiger partial charge >= 0.3 is 5.97 Å². The second-order valence-electron chi connectivity index (χ2n) is 6.99. The largest absolute Gasteiger partial charge is 0.493 e. The highest BCUT2D eigenvalue weighted by atomic mass is 16.5. The predicted octanol–water partition coefficient (Wildman–Crippen LogP) is 5.43. The summed E-state index contributed by atoms with van der Waals surface area (Å²) in [5.41, 5.74) is 1.36. The van der Waals surface area contributed by atoms with E-state index in [1.54, 1.807) is 61.5 Å². The number of carbonyl (C=O) groups excluding carboxylic acids is 1. The molecule has 0 unspecified atom stereocenters. The Labute approximate surface area is 178 Å². The SMILES string of the molecule is COc1ccccc1Oc1c(C)oc2cc(OC(=O)c3cccc(C)c3)ccc2c1=O. The van der Waals surface area contributed by atoms with E-state index in [9.17, 15) is 9.59 Å². The Kier molecular flexibility index (Phi) is 5.45. The van der Waals surface area contributed by atoms with Crippen LogP contribution in [0.3, 0.4) is 0 Å². The van der Waals surface area contributed by atoms with Crippen LogP contribution in [0.5, 0.6) is 23.0 Å². The molecule has 0 fully saturated rings. The second kappa shape index (κ2) is 8.36. The highest BCUT2D eigenvalue weighted by Crippen LogP contribution is 2.32. The summed E-state index contributed by atoms with van der Waals surface area (Å²) in [6.45, 7) is 3.53. The molecule has 1 heterocycles. The molecule has 0 spiro atoms. The zero-order chi connectivity index (χ0) is 22.0. The highest BCUT2D eigenvalue weighted by molar-refractivity contribution is 5.91. The molecule has 0 aliphatic rings. The summed E-state index contributed by atoms with van der Waals surface area (Å²) in [6, 6.07) is 18.8. The van der Waals surface area contributed by atoms with Gasteiger partial charge in [-0.15, -0.1) is 0 Å². The third kappa shape index (κ3) is 4.14. The minimum Gasteiger partial charge on any atom is -0.493 e. The number of rotatable bonds is 5. The summed E-state index contributed by atoms with van der Waals surface area (Å²) < 4.78 is 22.4. The molecule has 0 bridgehead atoms. The Hall–Kier alpha value is -4.06. The molecule has 0 aliphatic carbocycles. The fourth-order valence-electron chi connectivity index (χ4n) is 3.20. The number of esters is 1. The van der Waals surface area contributed by atoms with E-state index in [1.807, 2.05) is 13.0 Å². The zero-order valence-corrected chi connectivity index (χ0v) is 17.3. The van der Waals surface area contributed by atoms with Crippen LogP contribution in [-0.2, 0) is 0 Å². The summed E-state index contributed by atoms with van der Waals surface area (Å²) in [7, 11) is 1.53. The van der Waals surface area contributed by atoms with Crippen LogP contribution in [0.25, 0.3) is 11.0 Å². The minimum absolute atomic E-state index is 0.0708. The first-order chi connectivity index (χ1) is 15.0. The summed E-state index contributed by atoms with van der Waals surface area (Å²) >= 11 is 0. The van der Waals surface area contributed by atoms with Crippen LogP contribution in [-0.4, -0.2) is 13.1 Å². The van der Waals surface area contributed by atoms with Gasteiger partial charge in [-0.1, -0.05) is 29.8 Å². The van der Waals surface area contributed by atoms with Crippen molar-refractivity contribution in [2.24, 2.45) is 0 Å². The Balaban J connectivity index is 1.66. The maximum absolute atomic E-state index is 13.0. The van der Waals surface area contributed by atoms with Crippen LogP contribution < -0.4 is 19.6 Å². The van der Waals surface area contributed by atoms with Crippen molar-refractivity contribution in [1.82, 2.24) is 0 Å². The molecule has 0 atom stereocenters. The Morgan fingerprint density at radius 2 is 1.68 bits per heavy atom. The lowest BCUT2D eigenvalue weighted by molar-refractivity contribution is 0.0735. The first kappa shape index (κ1) is 20.2. The summed E-state index contributed by atoms with van der Waals surface area (Å²) in [5, 5.41) is 0.311.